The van der Waals surface area contributed by atoms with Gasteiger partial charge in [0, 0.05) is 32.8 Å². The molecule has 2 atom stereocenters. The minimum Gasteiger partial charge on any atom is -0.368 e. The third-order valence-electron chi connectivity index (χ3n) is 6.88. The molecule has 30 heavy (non-hydrogen) atoms. The highest BCUT2D eigenvalue weighted by Crippen LogP contribution is 2.39. The molecule has 1 aliphatic carbocycles. The fourth-order valence-electron chi connectivity index (χ4n) is 5.23. The summed E-state index contributed by atoms with van der Waals surface area (Å²) in [6.45, 7) is 3.38. The van der Waals surface area contributed by atoms with Crippen LogP contribution in [-0.4, -0.2) is 78.1 Å². The second-order valence-electron chi connectivity index (χ2n) is 8.67. The van der Waals surface area contributed by atoms with Crippen LogP contribution < -0.4 is 5.32 Å². The number of imide groups is 1. The van der Waals surface area contributed by atoms with Crippen molar-refractivity contribution in [1.82, 2.24) is 20.0 Å². The van der Waals surface area contributed by atoms with Gasteiger partial charge < -0.3 is 15.0 Å². The SMILES string of the molecule is O=C(C1CCCO1)N1CCN(CN2C(=O)NC3(CCCc4ccccc43)C2=O)CC1. The summed E-state index contributed by atoms with van der Waals surface area (Å²) in [6.07, 6.45) is 3.88. The lowest BCUT2D eigenvalue weighted by molar-refractivity contribution is -0.143. The molecule has 0 saturated carbocycles. The molecule has 8 nitrogen and oxygen atoms in total. The summed E-state index contributed by atoms with van der Waals surface area (Å²) in [5.74, 6) is -0.0857. The Labute approximate surface area is 176 Å². The third-order valence-corrected chi connectivity index (χ3v) is 6.88. The van der Waals surface area contributed by atoms with E-state index in [1.165, 1.54) is 4.90 Å². The van der Waals surface area contributed by atoms with Crippen LogP contribution in [0.25, 0.3) is 0 Å². The molecule has 3 saturated heterocycles. The van der Waals surface area contributed by atoms with Gasteiger partial charge in [0.05, 0.1) is 6.67 Å². The van der Waals surface area contributed by atoms with Crippen LogP contribution in [0.5, 0.6) is 0 Å². The minimum atomic E-state index is -0.927. The van der Waals surface area contributed by atoms with Crippen LogP contribution in [-0.2, 0) is 26.3 Å². The number of fused-ring (bicyclic) bond motifs is 2. The number of piperazine rings is 1. The monoisotopic (exact) mass is 412 g/mol. The number of hydrogen-bond acceptors (Lipinski definition) is 5. The molecule has 1 N–H and O–H groups in total. The van der Waals surface area contributed by atoms with Crippen LogP contribution in [0, 0.1) is 0 Å². The Kier molecular flexibility index (Phi) is 4.99. The van der Waals surface area contributed by atoms with E-state index >= 15 is 0 Å². The predicted octanol–water partition coefficient (Wildman–Crippen LogP) is 1.05. The summed E-state index contributed by atoms with van der Waals surface area (Å²) in [6, 6.07) is 7.59. The molecule has 0 bridgehead atoms. The highest BCUT2D eigenvalue weighted by atomic mass is 16.5. The van der Waals surface area contributed by atoms with Crippen molar-refractivity contribution in [1.29, 1.82) is 0 Å². The van der Waals surface area contributed by atoms with Gasteiger partial charge >= 0.3 is 6.03 Å². The first-order valence-corrected chi connectivity index (χ1v) is 10.9. The van der Waals surface area contributed by atoms with Crippen molar-refractivity contribution < 1.29 is 19.1 Å². The second-order valence-corrected chi connectivity index (χ2v) is 8.67. The largest absolute Gasteiger partial charge is 0.368 e. The molecule has 3 fully saturated rings. The summed E-state index contributed by atoms with van der Waals surface area (Å²) < 4.78 is 5.51. The van der Waals surface area contributed by atoms with Crippen molar-refractivity contribution in [3.05, 3.63) is 35.4 Å². The topological polar surface area (TPSA) is 82.2 Å². The molecule has 1 aromatic rings. The molecule has 1 aromatic carbocycles. The van der Waals surface area contributed by atoms with E-state index in [2.05, 4.69) is 10.2 Å². The molecule has 4 amide bonds. The van der Waals surface area contributed by atoms with Crippen LogP contribution in [0.2, 0.25) is 0 Å². The summed E-state index contributed by atoms with van der Waals surface area (Å²) in [7, 11) is 0. The number of carbonyl (C=O) groups is 3. The fraction of sp³-hybridized carbons (Fsp3) is 0.591. The van der Waals surface area contributed by atoms with Gasteiger partial charge in [0.25, 0.3) is 11.8 Å². The van der Waals surface area contributed by atoms with E-state index in [9.17, 15) is 14.4 Å². The second kappa shape index (κ2) is 7.67. The van der Waals surface area contributed by atoms with Gasteiger partial charge in [-0.2, -0.15) is 0 Å². The first-order chi connectivity index (χ1) is 14.6. The lowest BCUT2D eigenvalue weighted by atomic mass is 9.76. The van der Waals surface area contributed by atoms with E-state index in [1.807, 2.05) is 29.2 Å². The molecule has 8 heteroatoms. The van der Waals surface area contributed by atoms with Gasteiger partial charge in [-0.05, 0) is 43.2 Å². The average molecular weight is 412 g/mol. The zero-order valence-electron chi connectivity index (χ0n) is 17.1. The average Bonchev–Trinajstić information content (AvgIpc) is 3.38. The molecule has 3 heterocycles. The highest BCUT2D eigenvalue weighted by Gasteiger charge is 2.54. The number of benzene rings is 1. The van der Waals surface area contributed by atoms with Gasteiger partial charge in [-0.15, -0.1) is 0 Å². The number of nitrogens with zero attached hydrogens (tertiary/aromatic N) is 3. The molecular weight excluding hydrogens is 384 g/mol. The Bertz CT molecular complexity index is 860. The van der Waals surface area contributed by atoms with Gasteiger partial charge in [0.15, 0.2) is 0 Å². The summed E-state index contributed by atoms with van der Waals surface area (Å²) in [5.41, 5.74) is 1.15. The maximum absolute atomic E-state index is 13.4. The van der Waals surface area contributed by atoms with Gasteiger partial charge in [-0.3, -0.25) is 14.5 Å². The molecule has 0 aromatic heterocycles. The van der Waals surface area contributed by atoms with Crippen LogP contribution >= 0.6 is 0 Å². The Hall–Kier alpha value is -2.45. The Morgan fingerprint density at radius 2 is 1.93 bits per heavy atom. The Morgan fingerprint density at radius 1 is 1.13 bits per heavy atom. The van der Waals surface area contributed by atoms with E-state index < -0.39 is 5.54 Å². The Morgan fingerprint density at radius 3 is 2.70 bits per heavy atom. The van der Waals surface area contributed by atoms with Gasteiger partial charge in [-0.1, -0.05) is 24.3 Å². The van der Waals surface area contributed by atoms with E-state index in [1.54, 1.807) is 0 Å². The quantitative estimate of drug-likeness (QED) is 0.751. The maximum Gasteiger partial charge on any atom is 0.326 e. The van der Waals surface area contributed by atoms with Crippen molar-refractivity contribution in [3.63, 3.8) is 0 Å². The van der Waals surface area contributed by atoms with Crippen molar-refractivity contribution in [2.24, 2.45) is 0 Å². The van der Waals surface area contributed by atoms with E-state index in [-0.39, 0.29) is 30.6 Å². The van der Waals surface area contributed by atoms with E-state index in [0.717, 1.165) is 36.8 Å². The number of nitrogens with one attached hydrogen (secondary N) is 1. The number of hydrogen-bond donors (Lipinski definition) is 1. The van der Waals surface area contributed by atoms with Crippen molar-refractivity contribution in [3.8, 4) is 0 Å². The number of rotatable bonds is 3. The van der Waals surface area contributed by atoms with Crippen LogP contribution in [0.15, 0.2) is 24.3 Å². The van der Waals surface area contributed by atoms with Gasteiger partial charge in [-0.25, -0.2) is 9.69 Å². The zero-order valence-corrected chi connectivity index (χ0v) is 17.1. The number of ether oxygens (including phenoxy) is 1. The summed E-state index contributed by atoms with van der Waals surface area (Å²) >= 11 is 0. The van der Waals surface area contributed by atoms with Crippen LogP contribution in [0.1, 0.15) is 36.8 Å². The normalized spacial score (nSPS) is 29.4. The lowest BCUT2D eigenvalue weighted by Gasteiger charge is -2.37. The molecule has 4 aliphatic rings. The number of urea groups is 1. The first kappa shape index (κ1) is 19.5. The first-order valence-electron chi connectivity index (χ1n) is 10.9. The maximum atomic E-state index is 13.4. The van der Waals surface area contributed by atoms with E-state index in [4.69, 9.17) is 4.74 Å². The molecular formula is C22H28N4O4. The number of amides is 4. The smallest absolute Gasteiger partial charge is 0.326 e. The highest BCUT2D eigenvalue weighted by molar-refractivity contribution is 6.07. The van der Waals surface area contributed by atoms with Crippen molar-refractivity contribution in [2.45, 2.75) is 43.7 Å². The lowest BCUT2D eigenvalue weighted by Crippen LogP contribution is -2.54. The van der Waals surface area contributed by atoms with Gasteiger partial charge in [0.2, 0.25) is 0 Å². The predicted molar refractivity (Wildman–Crippen MR) is 108 cm³/mol. The standard InChI is InChI=1S/C22H28N4O4/c27-19(18-8-4-14-30-18)25-12-10-24(11-13-25)15-26-20(28)22(23-21(26)29)9-3-6-16-5-1-2-7-17(16)22/h1-2,5,7,18H,3-4,6,8-15H2,(H,23,29). The molecule has 160 valence electrons. The van der Waals surface area contributed by atoms with Crippen molar-refractivity contribution in [2.75, 3.05) is 39.5 Å². The molecule has 0 radical (unpaired) electrons. The van der Waals surface area contributed by atoms with Crippen molar-refractivity contribution >= 4 is 17.8 Å². The molecule has 1 spiro atoms. The Balaban J connectivity index is 1.24. The molecule has 5 rings (SSSR count). The number of aryl methyl sites for hydroxylation is 1. The molecule has 2 unspecified atom stereocenters. The summed E-state index contributed by atoms with van der Waals surface area (Å²) in [5, 5.41) is 3.01. The third kappa shape index (κ3) is 3.18. The number of carbonyl (C=O) groups excluding carboxylic acids is 3. The van der Waals surface area contributed by atoms with E-state index in [0.29, 0.717) is 39.2 Å². The summed E-state index contributed by atoms with van der Waals surface area (Å²) in [4.78, 5) is 44.0. The van der Waals surface area contributed by atoms with Crippen LogP contribution in [0.3, 0.4) is 0 Å². The fourth-order valence-corrected chi connectivity index (χ4v) is 5.23. The molecule has 3 aliphatic heterocycles. The van der Waals surface area contributed by atoms with Crippen LogP contribution in [0.4, 0.5) is 4.79 Å². The van der Waals surface area contributed by atoms with Gasteiger partial charge in [0.1, 0.15) is 11.6 Å². The zero-order chi connectivity index (χ0) is 20.7. The minimum absolute atomic E-state index is 0.0694.